The standard InChI is InChI=1S/C35H40O4Si2/c1-5-36-40(37-6-2,34-21-13-19-30-28-17-11-9-15-26(28)23-32(30)34)25-41(38-7-3,39-8-4)35-22-14-20-31-29-18-12-10-16-27(29)24-33(31)35/h9-22H,5-8,23-25H2,1-4H3. The Morgan fingerprint density at radius 3 is 1.22 bits per heavy atom. The van der Waals surface area contributed by atoms with Gasteiger partial charge in [-0.15, -0.1) is 0 Å². The molecular weight excluding hydrogens is 541 g/mol. The molecule has 0 saturated heterocycles. The van der Waals surface area contributed by atoms with Crippen LogP contribution in [0.3, 0.4) is 0 Å². The van der Waals surface area contributed by atoms with Crippen LogP contribution in [0.25, 0.3) is 22.3 Å². The van der Waals surface area contributed by atoms with E-state index in [4.69, 9.17) is 17.7 Å². The highest BCUT2D eigenvalue weighted by molar-refractivity contribution is 6.98. The maximum absolute atomic E-state index is 6.92. The van der Waals surface area contributed by atoms with Crippen molar-refractivity contribution in [3.05, 3.63) is 107 Å². The molecule has 212 valence electrons. The van der Waals surface area contributed by atoms with Crippen LogP contribution in [0, 0.1) is 0 Å². The van der Waals surface area contributed by atoms with Gasteiger partial charge in [-0.3, -0.25) is 0 Å². The molecule has 0 bridgehead atoms. The summed E-state index contributed by atoms with van der Waals surface area (Å²) in [5, 5.41) is 2.45. The van der Waals surface area contributed by atoms with Crippen LogP contribution in [0.15, 0.2) is 84.9 Å². The molecule has 0 N–H and O–H groups in total. The summed E-state index contributed by atoms with van der Waals surface area (Å²) < 4.78 is 27.7. The number of benzene rings is 4. The summed E-state index contributed by atoms with van der Waals surface area (Å²) >= 11 is 0. The van der Waals surface area contributed by atoms with Gasteiger partial charge in [0, 0.05) is 32.1 Å². The smallest absolute Gasteiger partial charge is 0.375 e. The van der Waals surface area contributed by atoms with Crippen LogP contribution in [0.5, 0.6) is 0 Å². The Hall–Kier alpha value is -2.85. The lowest BCUT2D eigenvalue weighted by atomic mass is 10.1. The van der Waals surface area contributed by atoms with Crippen molar-refractivity contribution in [1.29, 1.82) is 0 Å². The minimum atomic E-state index is -3.06. The van der Waals surface area contributed by atoms with Crippen molar-refractivity contribution in [3.8, 4) is 22.3 Å². The molecule has 2 aliphatic rings. The predicted octanol–water partition coefficient (Wildman–Crippen LogP) is 6.51. The van der Waals surface area contributed by atoms with E-state index in [2.05, 4.69) is 113 Å². The molecule has 0 heterocycles. The van der Waals surface area contributed by atoms with Crippen LogP contribution in [0.1, 0.15) is 49.9 Å². The minimum absolute atomic E-state index is 0.573. The van der Waals surface area contributed by atoms with Gasteiger partial charge in [0.15, 0.2) is 0 Å². The second kappa shape index (κ2) is 11.8. The first kappa shape index (κ1) is 28.3. The third-order valence-corrected chi connectivity index (χ3v) is 17.8. The third kappa shape index (κ3) is 4.86. The Labute approximate surface area is 246 Å². The van der Waals surface area contributed by atoms with Crippen molar-refractivity contribution >= 4 is 27.5 Å². The largest absolute Gasteiger partial charge is 0.391 e. The summed E-state index contributed by atoms with van der Waals surface area (Å²) in [5.41, 5.74) is 11.3. The Kier molecular flexibility index (Phi) is 8.14. The molecule has 4 aromatic rings. The molecule has 6 heteroatoms. The van der Waals surface area contributed by atoms with Crippen LogP contribution in [-0.2, 0) is 30.5 Å². The van der Waals surface area contributed by atoms with E-state index >= 15 is 0 Å². The van der Waals surface area contributed by atoms with Gasteiger partial charge in [-0.05, 0) is 95.4 Å². The van der Waals surface area contributed by atoms with Crippen LogP contribution in [0.4, 0.5) is 0 Å². The maximum Gasteiger partial charge on any atom is 0.375 e. The highest BCUT2D eigenvalue weighted by atomic mass is 28.4. The van der Waals surface area contributed by atoms with E-state index in [0.29, 0.717) is 32.1 Å². The summed E-state index contributed by atoms with van der Waals surface area (Å²) in [6, 6.07) is 30.9. The van der Waals surface area contributed by atoms with Gasteiger partial charge in [0.25, 0.3) is 0 Å². The fraction of sp³-hybridized carbons (Fsp3) is 0.314. The zero-order chi connectivity index (χ0) is 28.5. The van der Waals surface area contributed by atoms with Gasteiger partial charge < -0.3 is 17.7 Å². The van der Waals surface area contributed by atoms with E-state index < -0.39 is 17.1 Å². The topological polar surface area (TPSA) is 36.9 Å². The van der Waals surface area contributed by atoms with E-state index in [-0.39, 0.29) is 0 Å². The van der Waals surface area contributed by atoms with Gasteiger partial charge in [-0.25, -0.2) is 0 Å². The summed E-state index contributed by atoms with van der Waals surface area (Å²) in [6.45, 7) is 10.6. The minimum Gasteiger partial charge on any atom is -0.391 e. The van der Waals surface area contributed by atoms with Crippen molar-refractivity contribution in [2.75, 3.05) is 26.4 Å². The highest BCUT2D eigenvalue weighted by Crippen LogP contribution is 2.40. The number of fused-ring (bicyclic) bond motifs is 6. The zero-order valence-electron chi connectivity index (χ0n) is 24.7. The van der Waals surface area contributed by atoms with Gasteiger partial charge in [0.1, 0.15) is 0 Å². The molecule has 4 nitrogen and oxygen atoms in total. The van der Waals surface area contributed by atoms with Gasteiger partial charge in [0.05, 0.1) is 0 Å². The fourth-order valence-corrected chi connectivity index (χ4v) is 17.4. The summed E-state index contributed by atoms with van der Waals surface area (Å²) in [4.78, 5) is 0. The summed E-state index contributed by atoms with van der Waals surface area (Å²) in [7, 11) is -6.12. The molecule has 41 heavy (non-hydrogen) atoms. The van der Waals surface area contributed by atoms with Crippen LogP contribution >= 0.6 is 0 Å². The van der Waals surface area contributed by atoms with Crippen molar-refractivity contribution in [3.63, 3.8) is 0 Å². The molecule has 2 aliphatic carbocycles. The van der Waals surface area contributed by atoms with Gasteiger partial charge >= 0.3 is 17.1 Å². The summed E-state index contributed by atoms with van der Waals surface area (Å²) in [5.74, 6) is 0. The fourth-order valence-electron chi connectivity index (χ4n) is 7.06. The quantitative estimate of drug-likeness (QED) is 0.155. The monoisotopic (exact) mass is 580 g/mol. The summed E-state index contributed by atoms with van der Waals surface area (Å²) in [6.07, 6.45) is 1.79. The number of rotatable bonds is 12. The SMILES string of the molecule is CCO[Si](C[Si](OCC)(OCC)c1cccc2c1Cc1ccccc1-2)(OCC)c1cccc2c1Cc1ccccc1-2. The van der Waals surface area contributed by atoms with Gasteiger partial charge in [-0.1, -0.05) is 84.9 Å². The van der Waals surface area contributed by atoms with Crippen molar-refractivity contribution < 1.29 is 17.7 Å². The van der Waals surface area contributed by atoms with E-state index in [1.165, 1.54) is 54.9 Å². The lowest BCUT2D eigenvalue weighted by Crippen LogP contribution is -2.67. The normalized spacial score (nSPS) is 13.6. The molecule has 4 aromatic carbocycles. The van der Waals surface area contributed by atoms with Gasteiger partial charge in [-0.2, -0.15) is 0 Å². The van der Waals surface area contributed by atoms with Crippen LogP contribution < -0.4 is 10.4 Å². The van der Waals surface area contributed by atoms with E-state index in [9.17, 15) is 0 Å². The Bertz CT molecular complexity index is 1420. The molecule has 0 amide bonds. The lowest BCUT2D eigenvalue weighted by Gasteiger charge is -2.40. The third-order valence-electron chi connectivity index (χ3n) is 8.50. The molecule has 0 fully saturated rings. The molecule has 6 rings (SSSR count). The molecule has 0 atom stereocenters. The predicted molar refractivity (Wildman–Crippen MR) is 171 cm³/mol. The average Bonchev–Trinajstić information content (AvgIpc) is 3.56. The molecular formula is C35H40O4Si2. The van der Waals surface area contributed by atoms with Crippen molar-refractivity contribution in [1.82, 2.24) is 0 Å². The van der Waals surface area contributed by atoms with Crippen molar-refractivity contribution in [2.24, 2.45) is 0 Å². The number of hydrogen-bond acceptors (Lipinski definition) is 4. The van der Waals surface area contributed by atoms with Crippen LogP contribution in [0.2, 0.25) is 5.67 Å². The van der Waals surface area contributed by atoms with Crippen LogP contribution in [-0.4, -0.2) is 43.5 Å². The second-order valence-electron chi connectivity index (χ2n) is 10.7. The van der Waals surface area contributed by atoms with E-state index in [1.807, 2.05) is 0 Å². The average molecular weight is 581 g/mol. The zero-order valence-corrected chi connectivity index (χ0v) is 26.7. The highest BCUT2D eigenvalue weighted by Gasteiger charge is 2.55. The van der Waals surface area contributed by atoms with E-state index in [0.717, 1.165) is 12.8 Å². The second-order valence-corrected chi connectivity index (χ2v) is 17.4. The molecule has 0 spiro atoms. The van der Waals surface area contributed by atoms with Crippen molar-refractivity contribution in [2.45, 2.75) is 46.2 Å². The molecule has 0 unspecified atom stereocenters. The first-order valence-corrected chi connectivity index (χ1v) is 19.1. The Balaban J connectivity index is 1.53. The molecule has 0 radical (unpaired) electrons. The number of hydrogen-bond donors (Lipinski definition) is 0. The lowest BCUT2D eigenvalue weighted by molar-refractivity contribution is 0.176. The first-order valence-electron chi connectivity index (χ1n) is 15.1. The Morgan fingerprint density at radius 2 is 0.829 bits per heavy atom. The molecule has 0 aliphatic heterocycles. The first-order chi connectivity index (χ1) is 20.1. The van der Waals surface area contributed by atoms with Gasteiger partial charge in [0.2, 0.25) is 0 Å². The van der Waals surface area contributed by atoms with E-state index in [1.54, 1.807) is 0 Å². The molecule has 0 aromatic heterocycles. The maximum atomic E-state index is 6.92. The molecule has 0 saturated carbocycles. The Morgan fingerprint density at radius 1 is 0.463 bits per heavy atom.